The lowest BCUT2D eigenvalue weighted by molar-refractivity contribution is 0.00445. The minimum Gasteiger partial charge on any atom is -0.396 e. The summed E-state index contributed by atoms with van der Waals surface area (Å²) in [5, 5.41) is 35.1. The van der Waals surface area contributed by atoms with Crippen molar-refractivity contribution < 1.29 is 15.3 Å². The zero-order chi connectivity index (χ0) is 19.8. The van der Waals surface area contributed by atoms with Crippen LogP contribution in [0.2, 0.25) is 0 Å². The first kappa shape index (κ1) is 19.6. The number of aromatic nitrogens is 2. The Morgan fingerprint density at radius 3 is 2.68 bits per heavy atom. The number of benzene rings is 1. The molecule has 2 aromatic heterocycles. The maximum atomic E-state index is 10.4. The fourth-order valence-electron chi connectivity index (χ4n) is 3.72. The van der Waals surface area contributed by atoms with Gasteiger partial charge in [0.15, 0.2) is 0 Å². The molecule has 1 aliphatic carbocycles. The molecule has 6 nitrogen and oxygen atoms in total. The number of para-hydroxylation sites is 1. The topological polar surface area (TPSA) is 98.5 Å². The molecule has 0 amide bonds. The number of anilines is 1. The van der Waals surface area contributed by atoms with E-state index in [2.05, 4.69) is 5.32 Å². The third kappa shape index (κ3) is 3.51. The second-order valence-corrected chi connectivity index (χ2v) is 8.96. The Morgan fingerprint density at radius 1 is 1.21 bits per heavy atom. The first-order valence-electron chi connectivity index (χ1n) is 9.17. The number of hydrogen-bond acceptors (Lipinski definition) is 8. The van der Waals surface area contributed by atoms with Crippen LogP contribution in [-0.4, -0.2) is 56.4 Å². The number of rotatable bonds is 5. The molecule has 148 valence electrons. The van der Waals surface area contributed by atoms with Crippen LogP contribution in [0.15, 0.2) is 35.4 Å². The molecule has 4 N–H and O–H groups in total. The summed E-state index contributed by atoms with van der Waals surface area (Å²) in [6.45, 7) is 1.88. The van der Waals surface area contributed by atoms with Crippen molar-refractivity contribution in [3.8, 4) is 10.6 Å². The van der Waals surface area contributed by atoms with Gasteiger partial charge in [0, 0.05) is 12.5 Å². The molecule has 0 radical (unpaired) electrons. The summed E-state index contributed by atoms with van der Waals surface area (Å²) >= 11 is 3.16. The lowest BCUT2D eigenvalue weighted by atomic mass is 10.1. The zero-order valence-electron chi connectivity index (χ0n) is 15.7. The maximum absolute atomic E-state index is 10.4. The normalized spacial score (nSPS) is 24.8. The molecule has 1 saturated carbocycles. The van der Waals surface area contributed by atoms with Crippen molar-refractivity contribution in [3.05, 3.63) is 35.9 Å². The Balaban J connectivity index is 1.76. The van der Waals surface area contributed by atoms with Crippen LogP contribution in [0.4, 0.5) is 5.82 Å². The third-order valence-electron chi connectivity index (χ3n) is 5.27. The molecule has 0 spiro atoms. The highest BCUT2D eigenvalue weighted by Gasteiger charge is 2.41. The van der Waals surface area contributed by atoms with Crippen LogP contribution in [0.1, 0.15) is 12.0 Å². The van der Waals surface area contributed by atoms with Gasteiger partial charge in [-0.3, -0.25) is 0 Å². The predicted octanol–water partition coefficient (Wildman–Crippen LogP) is 2.90. The Kier molecular flexibility index (Phi) is 5.57. The summed E-state index contributed by atoms with van der Waals surface area (Å²) in [4.78, 5) is 9.52. The van der Waals surface area contributed by atoms with Gasteiger partial charge in [-0.05, 0) is 43.4 Å². The molecule has 2 heterocycles. The first-order valence-corrected chi connectivity index (χ1v) is 11.2. The minimum absolute atomic E-state index is 0.154. The Morgan fingerprint density at radius 2 is 2.00 bits per heavy atom. The molecule has 3 aromatic rings. The highest BCUT2D eigenvalue weighted by Crippen LogP contribution is 2.39. The van der Waals surface area contributed by atoms with E-state index < -0.39 is 12.2 Å². The van der Waals surface area contributed by atoms with E-state index in [0.29, 0.717) is 12.2 Å². The van der Waals surface area contributed by atoms with E-state index in [4.69, 9.17) is 9.97 Å². The molecule has 4 atom stereocenters. The summed E-state index contributed by atoms with van der Waals surface area (Å²) in [5.41, 5.74) is 2.90. The molecule has 0 aliphatic heterocycles. The SMILES string of the molecule is CSc1cc(C)c(-c2nc3ccccc3s2)c(NC2C[C@H](CO)[C@@H](O)[C@H]2O)n1. The van der Waals surface area contributed by atoms with Gasteiger partial charge in [0.05, 0.1) is 33.0 Å². The van der Waals surface area contributed by atoms with Gasteiger partial charge >= 0.3 is 0 Å². The Hall–Kier alpha value is -1.71. The van der Waals surface area contributed by atoms with E-state index in [1.54, 1.807) is 23.1 Å². The molecule has 0 saturated heterocycles. The van der Waals surface area contributed by atoms with Crippen molar-refractivity contribution in [2.45, 2.75) is 36.6 Å². The van der Waals surface area contributed by atoms with Crippen LogP contribution in [0, 0.1) is 12.8 Å². The fourth-order valence-corrected chi connectivity index (χ4v) is 5.28. The van der Waals surface area contributed by atoms with Crippen molar-refractivity contribution in [1.82, 2.24) is 9.97 Å². The first-order chi connectivity index (χ1) is 13.5. The number of aliphatic hydroxyl groups is 3. The lowest BCUT2D eigenvalue weighted by Crippen LogP contribution is -2.35. The monoisotopic (exact) mass is 417 g/mol. The standard InChI is InChI=1S/C20H23N3O3S2/c1-10-7-15(27-2)23-19(21-13-8-11(9-24)17(25)18(13)26)16(10)20-22-12-5-3-4-6-14(12)28-20/h3-7,11,13,17-18,24-26H,8-9H2,1-2H3,(H,21,23)/t11-,13?,17-,18+/m1/s1. The number of thioether (sulfide) groups is 1. The van der Waals surface area contributed by atoms with Gasteiger partial charge in [0.2, 0.25) is 0 Å². The highest BCUT2D eigenvalue weighted by atomic mass is 32.2. The molecule has 0 bridgehead atoms. The van der Waals surface area contributed by atoms with E-state index in [1.165, 1.54) is 0 Å². The Bertz CT molecular complexity index is 961. The van der Waals surface area contributed by atoms with Gasteiger partial charge in [0.25, 0.3) is 0 Å². The number of hydrogen-bond donors (Lipinski definition) is 4. The largest absolute Gasteiger partial charge is 0.396 e. The van der Waals surface area contributed by atoms with Crippen molar-refractivity contribution in [2.75, 3.05) is 18.2 Å². The molecular weight excluding hydrogens is 394 g/mol. The summed E-state index contributed by atoms with van der Waals surface area (Å²) in [6, 6.07) is 9.66. The molecule has 1 aliphatic rings. The number of aryl methyl sites for hydroxylation is 1. The van der Waals surface area contributed by atoms with Gasteiger partial charge in [-0.2, -0.15) is 0 Å². The summed E-state index contributed by atoms with van der Waals surface area (Å²) in [5.74, 6) is 0.307. The van der Waals surface area contributed by atoms with Crippen LogP contribution in [0.5, 0.6) is 0 Å². The second kappa shape index (κ2) is 7.96. The summed E-state index contributed by atoms with van der Waals surface area (Å²) in [7, 11) is 0. The van der Waals surface area contributed by atoms with E-state index in [0.717, 1.165) is 31.4 Å². The predicted molar refractivity (Wildman–Crippen MR) is 114 cm³/mol. The van der Waals surface area contributed by atoms with Gasteiger partial charge in [-0.25, -0.2) is 9.97 Å². The van der Waals surface area contributed by atoms with E-state index in [1.807, 2.05) is 43.5 Å². The highest BCUT2D eigenvalue weighted by molar-refractivity contribution is 7.98. The molecule has 1 aromatic carbocycles. The summed E-state index contributed by atoms with van der Waals surface area (Å²) in [6.07, 6.45) is 0.542. The van der Waals surface area contributed by atoms with Crippen LogP contribution < -0.4 is 5.32 Å². The Labute approximate surface area is 171 Å². The molecular formula is C20H23N3O3S2. The number of nitrogens with one attached hydrogen (secondary N) is 1. The minimum atomic E-state index is -0.958. The van der Waals surface area contributed by atoms with E-state index >= 15 is 0 Å². The van der Waals surface area contributed by atoms with Crippen LogP contribution in [-0.2, 0) is 0 Å². The van der Waals surface area contributed by atoms with E-state index in [9.17, 15) is 15.3 Å². The molecule has 28 heavy (non-hydrogen) atoms. The number of thiazole rings is 1. The van der Waals surface area contributed by atoms with Gasteiger partial charge in [-0.1, -0.05) is 12.1 Å². The van der Waals surface area contributed by atoms with Crippen LogP contribution >= 0.6 is 23.1 Å². The second-order valence-electron chi connectivity index (χ2n) is 7.10. The molecule has 1 unspecified atom stereocenters. The quantitative estimate of drug-likeness (QED) is 0.474. The number of pyridine rings is 1. The van der Waals surface area contributed by atoms with Crippen molar-refractivity contribution >= 4 is 39.1 Å². The van der Waals surface area contributed by atoms with Crippen molar-refractivity contribution in [3.63, 3.8) is 0 Å². The number of nitrogens with zero attached hydrogens (tertiary/aromatic N) is 2. The van der Waals surface area contributed by atoms with Gasteiger partial charge < -0.3 is 20.6 Å². The number of fused-ring (bicyclic) bond motifs is 1. The van der Waals surface area contributed by atoms with Gasteiger partial charge in [0.1, 0.15) is 16.9 Å². The molecule has 1 fully saturated rings. The average Bonchev–Trinajstić information content (AvgIpc) is 3.23. The van der Waals surface area contributed by atoms with Crippen molar-refractivity contribution in [1.29, 1.82) is 0 Å². The van der Waals surface area contributed by atoms with Crippen LogP contribution in [0.3, 0.4) is 0 Å². The van der Waals surface area contributed by atoms with Gasteiger partial charge in [-0.15, -0.1) is 23.1 Å². The summed E-state index contributed by atoms with van der Waals surface area (Å²) < 4.78 is 1.11. The smallest absolute Gasteiger partial charge is 0.138 e. The fraction of sp³-hybridized carbons (Fsp3) is 0.400. The molecule has 4 rings (SSSR count). The lowest BCUT2D eigenvalue weighted by Gasteiger charge is -2.21. The average molecular weight is 418 g/mol. The molecule has 8 heteroatoms. The van der Waals surface area contributed by atoms with E-state index in [-0.39, 0.29) is 18.6 Å². The zero-order valence-corrected chi connectivity index (χ0v) is 17.3. The maximum Gasteiger partial charge on any atom is 0.138 e. The van der Waals surface area contributed by atoms with Crippen molar-refractivity contribution in [2.24, 2.45) is 5.92 Å². The number of aliphatic hydroxyl groups excluding tert-OH is 3. The third-order valence-corrected chi connectivity index (χ3v) is 6.95. The van der Waals surface area contributed by atoms with Crippen LogP contribution in [0.25, 0.3) is 20.8 Å².